The summed E-state index contributed by atoms with van der Waals surface area (Å²) in [6, 6.07) is 8.17. The average molecular weight is 863 g/mol. The van der Waals surface area contributed by atoms with Crippen molar-refractivity contribution in [2.45, 2.75) is 129 Å². The Bertz CT molecular complexity index is 5420. The third-order valence-corrected chi connectivity index (χ3v) is 32.0. The van der Waals surface area contributed by atoms with Gasteiger partial charge in [-0.3, -0.25) is 0 Å². The number of hydrogen-bond acceptors (Lipinski definition) is 1. The van der Waals surface area contributed by atoms with Gasteiger partial charge in [-0.2, -0.15) is 0 Å². The standard InChI is InChI=1S/C67H26S/c1-5-2-3-7-6(4-5)66-62-54-46-36-26-18-10-8-9-12-16-14(10)22-30-24(16)34-28-20(12)21-13(9)17-15-11(8)19(18)27-33-23(15)31-25(17)35-29(21)39-38(28)50-44(34)52-42(30)48(40(46)32(22)26)56(62)58(52)64-60(50)61-51(39)45(35)53-43(31)49-41(33)47(37(27)36)55(54)63(66)57(49)59(53)65(61)67(64,66)68-7/h2-4,10,12,14,16,18,20,26,28,36-39,47,51,55,57,59,61,63,65H,1H3. The topological polar surface area (TPSA) is 0 Å². The summed E-state index contributed by atoms with van der Waals surface area (Å²) in [4.78, 5) is 1.72. The maximum absolute atomic E-state index is 2.89. The summed E-state index contributed by atoms with van der Waals surface area (Å²) < 4.78 is 0.0800. The molecule has 0 aromatic heterocycles. The lowest BCUT2D eigenvalue weighted by atomic mass is 9.39. The molecule has 2 spiro atoms. The minimum Gasteiger partial charge on any atom is -0.112 e. The molecule has 1 fully saturated rings. The lowest BCUT2D eigenvalue weighted by molar-refractivity contribution is 0.0341. The molecule has 22 aliphatic carbocycles. The molecule has 0 saturated heterocycles. The van der Waals surface area contributed by atoms with Crippen LogP contribution in [0.3, 0.4) is 0 Å². The van der Waals surface area contributed by atoms with Crippen LogP contribution in [-0.2, 0) is 10.2 Å². The summed E-state index contributed by atoms with van der Waals surface area (Å²) in [6.07, 6.45) is 0. The lowest BCUT2D eigenvalue weighted by Gasteiger charge is -2.65. The van der Waals surface area contributed by atoms with E-state index in [0.29, 0.717) is 118 Å². The summed E-state index contributed by atoms with van der Waals surface area (Å²) in [7, 11) is 0. The molecule has 1 heteroatoms. The second-order valence-electron chi connectivity index (χ2n) is 29.1. The van der Waals surface area contributed by atoms with Crippen LogP contribution in [0.2, 0.25) is 0 Å². The largest absolute Gasteiger partial charge is 0.112 e. The van der Waals surface area contributed by atoms with Crippen LogP contribution in [0.5, 0.6) is 0 Å². The first-order valence-corrected chi connectivity index (χ1v) is 28.7. The average Bonchev–Trinajstić information content (AvgIpc) is 4.24. The number of benzene rings is 10. The molecular weight excluding hydrogens is 837 g/mol. The molecule has 300 valence electrons. The Morgan fingerprint density at radius 1 is 0.309 bits per heavy atom. The molecule has 11 aromatic carbocycles. The highest BCUT2D eigenvalue weighted by molar-refractivity contribution is 8.00. The molecule has 1 aliphatic heterocycles. The van der Waals surface area contributed by atoms with E-state index in [-0.39, 0.29) is 10.2 Å². The number of hydrogen-bond donors (Lipinski definition) is 0. The fourth-order valence-electron chi connectivity index (χ4n) is 31.9. The van der Waals surface area contributed by atoms with Crippen molar-refractivity contribution in [3.63, 3.8) is 0 Å². The molecule has 22 atom stereocenters. The maximum Gasteiger partial charge on any atom is 0.0645 e. The molecule has 22 unspecified atom stereocenters. The van der Waals surface area contributed by atoms with Gasteiger partial charge in [-0.1, -0.05) is 17.7 Å². The van der Waals surface area contributed by atoms with Gasteiger partial charge in [0.25, 0.3) is 0 Å². The van der Waals surface area contributed by atoms with E-state index in [2.05, 4.69) is 48.0 Å². The fraction of sp³-hybridized carbons (Fsp3) is 0.343. The Balaban J connectivity index is 1.05. The number of aryl methyl sites for hydroxylation is 1. The quantitative estimate of drug-likeness (QED) is 0.137. The number of fused-ring (bicyclic) bond motifs is 1. The molecule has 0 nitrogen and oxygen atoms in total. The van der Waals surface area contributed by atoms with Crippen LogP contribution >= 0.6 is 11.8 Å². The van der Waals surface area contributed by atoms with Crippen LogP contribution in [0, 0.1) is 18.8 Å². The van der Waals surface area contributed by atoms with Gasteiger partial charge in [0.2, 0.25) is 0 Å². The third-order valence-electron chi connectivity index (χ3n) is 30.3. The highest BCUT2D eigenvalue weighted by Gasteiger charge is 2.89. The van der Waals surface area contributed by atoms with Crippen molar-refractivity contribution in [2.24, 2.45) is 11.8 Å². The van der Waals surface area contributed by atoms with Crippen LogP contribution in [0.1, 0.15) is 229 Å². The molecule has 23 aliphatic rings. The molecule has 34 rings (SSSR count). The minimum atomic E-state index is 0.0482. The van der Waals surface area contributed by atoms with Crippen LogP contribution in [0.4, 0.5) is 0 Å². The molecule has 1 saturated carbocycles. The summed E-state index contributed by atoms with van der Waals surface area (Å²) in [5.74, 6) is 13.5. The van der Waals surface area contributed by atoms with Crippen LogP contribution < -0.4 is 0 Å². The van der Waals surface area contributed by atoms with Gasteiger partial charge >= 0.3 is 0 Å². The monoisotopic (exact) mass is 862 g/mol. The van der Waals surface area contributed by atoms with E-state index in [9.17, 15) is 0 Å². The van der Waals surface area contributed by atoms with Crippen LogP contribution in [-0.4, -0.2) is 0 Å². The van der Waals surface area contributed by atoms with Crippen molar-refractivity contribution in [1.82, 2.24) is 0 Å². The Kier molecular flexibility index (Phi) is 2.36. The first kappa shape index (κ1) is 26.6. The van der Waals surface area contributed by atoms with E-state index < -0.39 is 0 Å². The molecule has 68 heavy (non-hydrogen) atoms. The van der Waals surface area contributed by atoms with Gasteiger partial charge in [0.05, 0.1) is 4.75 Å². The van der Waals surface area contributed by atoms with Gasteiger partial charge < -0.3 is 0 Å². The van der Waals surface area contributed by atoms with Crippen molar-refractivity contribution in [1.29, 1.82) is 0 Å². The van der Waals surface area contributed by atoms with Crippen molar-refractivity contribution in [3.05, 3.63) is 141 Å². The summed E-state index contributed by atoms with van der Waals surface area (Å²) in [5.41, 5.74) is 48.0. The van der Waals surface area contributed by atoms with Gasteiger partial charge in [-0.15, -0.1) is 11.8 Å². The van der Waals surface area contributed by atoms with E-state index in [1.54, 1.807) is 4.90 Å². The fourth-order valence-corrected chi connectivity index (χ4v) is 34.0. The smallest absolute Gasteiger partial charge is 0.0645 e. The number of thioether (sulfide) groups is 1. The SMILES string of the molecule is Cc1ccc2c(c1)C13c4c5c6c7c8c9c%10c%11c%12c%13c%14c%15c(c%16c%13c%10c7c4-%16)C1(S2)C1C%15C2c4c7c%10c%13c%15c%16c%17c%18c%19c%20c%21c%22c%23c(c4c4c%22c%19c%16c%104)C2C%14C%12C%23C%21C%11C9C%20C%18C8C6C%17C%15C5C3C%13C71. The van der Waals surface area contributed by atoms with Crippen LogP contribution in [0.25, 0.3) is 97.3 Å². The van der Waals surface area contributed by atoms with Crippen molar-refractivity contribution in [2.75, 3.05) is 0 Å². The lowest BCUT2D eigenvalue weighted by Crippen LogP contribution is -2.62. The predicted octanol–water partition coefficient (Wildman–Crippen LogP) is 14.8. The molecule has 1 heterocycles. The highest BCUT2D eigenvalue weighted by Crippen LogP contribution is 3.01. The van der Waals surface area contributed by atoms with Gasteiger partial charge in [-0.05, 0) is 345 Å². The van der Waals surface area contributed by atoms with Crippen molar-refractivity contribution < 1.29 is 0 Å². The summed E-state index contributed by atoms with van der Waals surface area (Å²) >= 11 is 2.57. The van der Waals surface area contributed by atoms with E-state index in [4.69, 9.17) is 0 Å². The second kappa shape index (κ2) is 6.04. The van der Waals surface area contributed by atoms with Crippen molar-refractivity contribution in [3.8, 4) is 11.1 Å². The Hall–Kier alpha value is -5.37. The van der Waals surface area contributed by atoms with E-state index in [1.807, 2.05) is 203 Å². The summed E-state index contributed by atoms with van der Waals surface area (Å²) in [6.45, 7) is 2.49. The molecule has 0 N–H and O–H groups in total. The first-order valence-electron chi connectivity index (χ1n) is 27.8. The maximum atomic E-state index is 2.89. The predicted molar refractivity (Wildman–Crippen MR) is 261 cm³/mol. The Morgan fingerprint density at radius 3 is 1.07 bits per heavy atom. The summed E-state index contributed by atoms with van der Waals surface area (Å²) in [5, 5.41) is 30.8. The molecule has 0 bridgehead atoms. The molecule has 0 amide bonds. The number of rotatable bonds is 0. The Labute approximate surface area is 387 Å². The zero-order valence-electron chi connectivity index (χ0n) is 36.2. The van der Waals surface area contributed by atoms with Gasteiger partial charge in [0, 0.05) is 10.3 Å². The highest BCUT2D eigenvalue weighted by atomic mass is 32.2. The van der Waals surface area contributed by atoms with Gasteiger partial charge in [0.15, 0.2) is 0 Å². The Morgan fingerprint density at radius 2 is 0.618 bits per heavy atom. The van der Waals surface area contributed by atoms with E-state index >= 15 is 0 Å². The molecular formula is C67H26S. The van der Waals surface area contributed by atoms with E-state index in [1.165, 1.54) is 5.56 Å². The zero-order valence-corrected chi connectivity index (χ0v) is 37.0. The first-order chi connectivity index (χ1) is 33.8. The zero-order chi connectivity index (χ0) is 40.0. The minimum absolute atomic E-state index is 0.0482. The molecule has 11 aromatic rings. The second-order valence-corrected chi connectivity index (χ2v) is 30.4. The van der Waals surface area contributed by atoms with Crippen molar-refractivity contribution >= 4 is 97.9 Å². The molecule has 0 radical (unpaired) electrons. The van der Waals surface area contributed by atoms with Gasteiger partial charge in [-0.25, -0.2) is 0 Å². The van der Waals surface area contributed by atoms with E-state index in [0.717, 1.165) is 0 Å². The van der Waals surface area contributed by atoms with Gasteiger partial charge in [0.1, 0.15) is 0 Å². The normalized spacial score (nSPS) is 49.0. The third kappa shape index (κ3) is 1.41. The van der Waals surface area contributed by atoms with Crippen LogP contribution in [0.15, 0.2) is 23.1 Å².